The number of nitrogens with zero attached hydrogens (tertiary/aromatic N) is 3. The van der Waals surface area contributed by atoms with Crippen molar-refractivity contribution in [3.63, 3.8) is 0 Å². The van der Waals surface area contributed by atoms with E-state index in [-0.39, 0.29) is 11.9 Å². The summed E-state index contributed by atoms with van der Waals surface area (Å²) in [6, 6.07) is 8.55. The van der Waals surface area contributed by atoms with Gasteiger partial charge in [0.05, 0.1) is 11.4 Å². The van der Waals surface area contributed by atoms with Gasteiger partial charge in [0.15, 0.2) is 0 Å². The van der Waals surface area contributed by atoms with E-state index in [1.807, 2.05) is 13.0 Å². The molecule has 0 unspecified atom stereocenters. The van der Waals surface area contributed by atoms with Crippen LogP contribution in [-0.4, -0.2) is 27.9 Å². The number of nitrogens with one attached hydrogen (secondary N) is 1. The zero-order valence-corrected chi connectivity index (χ0v) is 15.0. The van der Waals surface area contributed by atoms with Crippen molar-refractivity contribution in [3.8, 4) is 22.4 Å². The molecule has 3 rings (SSSR count). The van der Waals surface area contributed by atoms with Crippen LogP contribution in [0.1, 0.15) is 16.1 Å². The summed E-state index contributed by atoms with van der Waals surface area (Å²) in [4.78, 5) is 24.8. The average Bonchev–Trinajstić information content (AvgIpc) is 2.61. The summed E-state index contributed by atoms with van der Waals surface area (Å²) in [7, 11) is 1.56. The Hall–Kier alpha value is -3.19. The molecule has 7 nitrogen and oxygen atoms in total. The van der Waals surface area contributed by atoms with Crippen LogP contribution >= 0.6 is 11.6 Å². The third-order valence-corrected chi connectivity index (χ3v) is 4.06. The lowest BCUT2D eigenvalue weighted by Gasteiger charge is -2.14. The molecule has 0 aliphatic heterocycles. The molecule has 0 saturated carbocycles. The van der Waals surface area contributed by atoms with Gasteiger partial charge >= 0.3 is 0 Å². The molecule has 0 spiro atoms. The number of pyridine rings is 1. The van der Waals surface area contributed by atoms with Crippen molar-refractivity contribution in [1.82, 2.24) is 20.3 Å². The number of hydrogen-bond acceptors (Lipinski definition) is 6. The van der Waals surface area contributed by atoms with Gasteiger partial charge in [-0.25, -0.2) is 15.0 Å². The van der Waals surface area contributed by atoms with E-state index < -0.39 is 0 Å². The molecule has 0 radical (unpaired) electrons. The Morgan fingerprint density at radius 3 is 2.54 bits per heavy atom. The van der Waals surface area contributed by atoms with Crippen LogP contribution in [0.15, 0.2) is 36.5 Å². The summed E-state index contributed by atoms with van der Waals surface area (Å²) in [6.07, 6.45) is 1.64. The van der Waals surface area contributed by atoms with E-state index >= 15 is 0 Å². The maximum absolute atomic E-state index is 12.0. The Balaban J connectivity index is 2.27. The van der Waals surface area contributed by atoms with Crippen LogP contribution in [0.3, 0.4) is 0 Å². The van der Waals surface area contributed by atoms with Gasteiger partial charge in [0.1, 0.15) is 5.82 Å². The fourth-order valence-corrected chi connectivity index (χ4v) is 2.94. The number of anilines is 2. The van der Waals surface area contributed by atoms with Crippen LogP contribution < -0.4 is 16.8 Å². The summed E-state index contributed by atoms with van der Waals surface area (Å²) in [6.45, 7) is 1.83. The summed E-state index contributed by atoms with van der Waals surface area (Å²) in [5.74, 6) is 0.295. The lowest BCUT2D eigenvalue weighted by Crippen LogP contribution is -2.17. The van der Waals surface area contributed by atoms with Gasteiger partial charge in [0.25, 0.3) is 5.91 Å². The molecule has 0 atom stereocenters. The number of nitrogen functional groups attached to an aromatic ring is 2. The SMILES string of the molecule is CNC(=O)c1cc(Cl)cc(-c2nc(N)nc(C)c2-c2ccc(N)nc2)c1. The minimum atomic E-state index is -0.247. The summed E-state index contributed by atoms with van der Waals surface area (Å²) >= 11 is 6.22. The molecule has 0 fully saturated rings. The first-order chi connectivity index (χ1) is 12.4. The number of aromatic nitrogens is 3. The van der Waals surface area contributed by atoms with Crippen LogP contribution in [0.25, 0.3) is 22.4 Å². The Morgan fingerprint density at radius 2 is 1.88 bits per heavy atom. The molecule has 1 aromatic carbocycles. The number of hydrogen-bond donors (Lipinski definition) is 3. The maximum Gasteiger partial charge on any atom is 0.251 e. The van der Waals surface area contributed by atoms with Crippen LogP contribution in [0.2, 0.25) is 5.02 Å². The molecule has 5 N–H and O–H groups in total. The van der Waals surface area contributed by atoms with Gasteiger partial charge in [-0.1, -0.05) is 11.6 Å². The zero-order chi connectivity index (χ0) is 18.8. The smallest absolute Gasteiger partial charge is 0.251 e. The van der Waals surface area contributed by atoms with Crippen LogP contribution in [0.4, 0.5) is 11.8 Å². The minimum absolute atomic E-state index is 0.131. The van der Waals surface area contributed by atoms with Gasteiger partial charge in [-0.15, -0.1) is 0 Å². The third kappa shape index (κ3) is 3.43. The highest BCUT2D eigenvalue weighted by Crippen LogP contribution is 2.34. The predicted octanol–water partition coefficient (Wildman–Crippen LogP) is 2.69. The van der Waals surface area contributed by atoms with Crippen molar-refractivity contribution in [2.24, 2.45) is 0 Å². The van der Waals surface area contributed by atoms with Crippen molar-refractivity contribution < 1.29 is 4.79 Å². The van der Waals surface area contributed by atoms with E-state index in [4.69, 9.17) is 23.1 Å². The van der Waals surface area contributed by atoms with Crippen molar-refractivity contribution in [1.29, 1.82) is 0 Å². The monoisotopic (exact) mass is 368 g/mol. The number of halogens is 1. The lowest BCUT2D eigenvalue weighted by atomic mass is 9.98. The third-order valence-electron chi connectivity index (χ3n) is 3.84. The number of rotatable bonds is 3. The molecular weight excluding hydrogens is 352 g/mol. The van der Waals surface area contributed by atoms with E-state index in [2.05, 4.69) is 20.3 Å². The second-order valence-electron chi connectivity index (χ2n) is 5.67. The highest BCUT2D eigenvalue weighted by molar-refractivity contribution is 6.31. The van der Waals surface area contributed by atoms with Gasteiger partial charge < -0.3 is 16.8 Å². The Kier molecular flexibility index (Phi) is 4.73. The van der Waals surface area contributed by atoms with Crippen LogP contribution in [0.5, 0.6) is 0 Å². The largest absolute Gasteiger partial charge is 0.384 e. The van der Waals surface area contributed by atoms with E-state index in [1.54, 1.807) is 37.5 Å². The topological polar surface area (TPSA) is 120 Å². The molecule has 0 saturated heterocycles. The quantitative estimate of drug-likeness (QED) is 0.653. The highest BCUT2D eigenvalue weighted by atomic mass is 35.5. The number of benzene rings is 1. The maximum atomic E-state index is 12.0. The summed E-state index contributed by atoms with van der Waals surface area (Å²) in [5, 5.41) is 3.00. The molecule has 2 heterocycles. The second-order valence-corrected chi connectivity index (χ2v) is 6.11. The van der Waals surface area contributed by atoms with E-state index in [1.165, 1.54) is 0 Å². The predicted molar refractivity (Wildman–Crippen MR) is 103 cm³/mol. The molecule has 0 bridgehead atoms. The Morgan fingerprint density at radius 1 is 1.12 bits per heavy atom. The summed E-state index contributed by atoms with van der Waals surface area (Å²) in [5.41, 5.74) is 15.4. The molecule has 8 heteroatoms. The summed E-state index contributed by atoms with van der Waals surface area (Å²) < 4.78 is 0. The highest BCUT2D eigenvalue weighted by Gasteiger charge is 2.17. The van der Waals surface area contributed by atoms with Gasteiger partial charge in [-0.3, -0.25) is 4.79 Å². The molecule has 0 aliphatic rings. The molecule has 2 aromatic heterocycles. The molecule has 26 heavy (non-hydrogen) atoms. The van der Waals surface area contributed by atoms with Crippen molar-refractivity contribution >= 4 is 29.3 Å². The van der Waals surface area contributed by atoms with Gasteiger partial charge in [-0.05, 0) is 37.3 Å². The molecular formula is C18H17ClN6O. The average molecular weight is 369 g/mol. The van der Waals surface area contributed by atoms with Gasteiger partial charge in [-0.2, -0.15) is 0 Å². The van der Waals surface area contributed by atoms with Crippen molar-refractivity contribution in [3.05, 3.63) is 52.8 Å². The number of carbonyl (C=O) groups excluding carboxylic acids is 1. The molecule has 0 aliphatic carbocycles. The second kappa shape index (κ2) is 6.97. The lowest BCUT2D eigenvalue weighted by molar-refractivity contribution is 0.0963. The number of amides is 1. The molecule has 3 aromatic rings. The minimum Gasteiger partial charge on any atom is -0.384 e. The van der Waals surface area contributed by atoms with Crippen molar-refractivity contribution in [2.45, 2.75) is 6.92 Å². The van der Waals surface area contributed by atoms with Gasteiger partial charge in [0.2, 0.25) is 5.95 Å². The van der Waals surface area contributed by atoms with Crippen LogP contribution in [0, 0.1) is 6.92 Å². The van der Waals surface area contributed by atoms with E-state index in [0.29, 0.717) is 33.4 Å². The van der Waals surface area contributed by atoms with Crippen LogP contribution in [-0.2, 0) is 0 Å². The van der Waals surface area contributed by atoms with Gasteiger partial charge in [0, 0.05) is 40.5 Å². The molecule has 1 amide bonds. The first-order valence-corrected chi connectivity index (χ1v) is 8.16. The van der Waals surface area contributed by atoms with Crippen molar-refractivity contribution in [2.75, 3.05) is 18.5 Å². The fourth-order valence-electron chi connectivity index (χ4n) is 2.70. The molecule has 132 valence electrons. The first-order valence-electron chi connectivity index (χ1n) is 7.78. The Labute approximate surface area is 155 Å². The fraction of sp³-hybridized carbons (Fsp3) is 0.111. The van der Waals surface area contributed by atoms with E-state index in [9.17, 15) is 4.79 Å². The normalized spacial score (nSPS) is 10.6. The zero-order valence-electron chi connectivity index (χ0n) is 14.2. The number of nitrogens with two attached hydrogens (primary N) is 2. The van der Waals surface area contributed by atoms with E-state index in [0.717, 1.165) is 11.1 Å². The number of carbonyl (C=O) groups is 1. The first kappa shape index (κ1) is 17.6. The standard InChI is InChI=1S/C18H17ClN6O/c1-9-15(10-3-4-14(20)23-8-10)16(25-18(21)24-9)11-5-12(17(26)22-2)7-13(19)6-11/h3-8H,1-2H3,(H2,20,23)(H,22,26)(H2,21,24,25). The number of aryl methyl sites for hydroxylation is 1. The Bertz CT molecular complexity index is 988.